The molecule has 0 spiro atoms. The molecule has 10 aromatic rings. The molecular weight excluding hydrogens is 548 g/mol. The van der Waals surface area contributed by atoms with Crippen LogP contribution < -0.4 is 0 Å². The van der Waals surface area contributed by atoms with Crippen LogP contribution in [0.2, 0.25) is 0 Å². The van der Waals surface area contributed by atoms with Crippen molar-refractivity contribution in [1.82, 2.24) is 18.7 Å². The van der Waals surface area contributed by atoms with Crippen LogP contribution in [0.1, 0.15) is 0 Å². The normalized spacial score (nSPS) is 12.0. The lowest BCUT2D eigenvalue weighted by Gasteiger charge is -2.14. The second kappa shape index (κ2) is 9.18. The Labute approximate surface area is 258 Å². The highest BCUT2D eigenvalue weighted by Crippen LogP contribution is 2.42. The molecule has 45 heavy (non-hydrogen) atoms. The SMILES string of the molecule is c1ccc(-n2c3ccccc3c3ccc4c5ccccc5n(-c5ccc(-n6c7ccccc7c7cnccc76)cc5)c4c32)cc1. The minimum absolute atomic E-state index is 1.13. The van der Waals surface area contributed by atoms with Crippen molar-refractivity contribution >= 4 is 65.4 Å². The van der Waals surface area contributed by atoms with Crippen LogP contribution in [0, 0.1) is 0 Å². The molecule has 10 rings (SSSR count). The van der Waals surface area contributed by atoms with Crippen molar-refractivity contribution in [3.63, 3.8) is 0 Å². The molecule has 4 heterocycles. The molecule has 0 fully saturated rings. The van der Waals surface area contributed by atoms with E-state index in [1.54, 1.807) is 0 Å². The molecule has 4 aromatic heterocycles. The molecule has 0 unspecified atom stereocenters. The van der Waals surface area contributed by atoms with E-state index in [2.05, 4.69) is 164 Å². The number of para-hydroxylation sites is 4. The van der Waals surface area contributed by atoms with Crippen LogP contribution in [0.25, 0.3) is 82.5 Å². The van der Waals surface area contributed by atoms with E-state index in [1.165, 1.54) is 54.5 Å². The van der Waals surface area contributed by atoms with Gasteiger partial charge >= 0.3 is 0 Å². The first kappa shape index (κ1) is 24.3. The Balaban J connectivity index is 1.29. The first-order valence-electron chi connectivity index (χ1n) is 15.3. The topological polar surface area (TPSA) is 27.7 Å². The van der Waals surface area contributed by atoms with Crippen molar-refractivity contribution in [2.24, 2.45) is 0 Å². The molecule has 0 bridgehead atoms. The Bertz CT molecular complexity index is 2690. The molecule has 0 atom stereocenters. The molecule has 6 aromatic carbocycles. The molecule has 0 aliphatic carbocycles. The average Bonchev–Trinajstić information content (AvgIpc) is 3.75. The van der Waals surface area contributed by atoms with E-state index >= 15 is 0 Å². The van der Waals surface area contributed by atoms with Crippen LogP contribution in [0.15, 0.2) is 158 Å². The van der Waals surface area contributed by atoms with Crippen LogP contribution in [-0.2, 0) is 0 Å². The van der Waals surface area contributed by atoms with Crippen molar-refractivity contribution in [3.8, 4) is 17.1 Å². The molecule has 4 nitrogen and oxygen atoms in total. The summed E-state index contributed by atoms with van der Waals surface area (Å²) in [6.45, 7) is 0. The number of hydrogen-bond donors (Lipinski definition) is 0. The van der Waals surface area contributed by atoms with Gasteiger partial charge in [-0.1, -0.05) is 84.9 Å². The summed E-state index contributed by atoms with van der Waals surface area (Å²) >= 11 is 0. The number of benzene rings is 6. The lowest BCUT2D eigenvalue weighted by molar-refractivity contribution is 1.13. The van der Waals surface area contributed by atoms with Gasteiger partial charge in [0.25, 0.3) is 0 Å². The van der Waals surface area contributed by atoms with Crippen LogP contribution in [-0.4, -0.2) is 18.7 Å². The molecular formula is C41H26N4. The predicted octanol–water partition coefficient (Wildman–Crippen LogP) is 10.4. The molecule has 0 radical (unpaired) electrons. The van der Waals surface area contributed by atoms with Gasteiger partial charge in [0.2, 0.25) is 0 Å². The monoisotopic (exact) mass is 574 g/mol. The minimum Gasteiger partial charge on any atom is -0.309 e. The lowest BCUT2D eigenvalue weighted by Crippen LogP contribution is -1.99. The van der Waals surface area contributed by atoms with E-state index in [-0.39, 0.29) is 0 Å². The highest BCUT2D eigenvalue weighted by molar-refractivity contribution is 6.23. The zero-order valence-corrected chi connectivity index (χ0v) is 24.3. The van der Waals surface area contributed by atoms with Gasteiger partial charge in [-0.2, -0.15) is 0 Å². The van der Waals surface area contributed by atoms with Crippen molar-refractivity contribution in [2.75, 3.05) is 0 Å². The minimum atomic E-state index is 1.13. The number of pyridine rings is 1. The van der Waals surface area contributed by atoms with Crippen LogP contribution in [0.4, 0.5) is 0 Å². The third-order valence-corrected chi connectivity index (χ3v) is 9.32. The number of hydrogen-bond acceptors (Lipinski definition) is 1. The van der Waals surface area contributed by atoms with Gasteiger partial charge < -0.3 is 13.7 Å². The number of rotatable bonds is 3. The zero-order chi connectivity index (χ0) is 29.5. The van der Waals surface area contributed by atoms with Gasteiger partial charge in [0.05, 0.1) is 33.1 Å². The Morgan fingerprint density at radius 3 is 1.31 bits per heavy atom. The number of fused-ring (bicyclic) bond motifs is 10. The smallest absolute Gasteiger partial charge is 0.0788 e. The third kappa shape index (κ3) is 3.34. The predicted molar refractivity (Wildman–Crippen MR) is 187 cm³/mol. The first-order valence-corrected chi connectivity index (χ1v) is 15.3. The highest BCUT2D eigenvalue weighted by atomic mass is 15.0. The largest absolute Gasteiger partial charge is 0.309 e. The third-order valence-electron chi connectivity index (χ3n) is 9.32. The Morgan fingerprint density at radius 2 is 0.733 bits per heavy atom. The van der Waals surface area contributed by atoms with E-state index in [4.69, 9.17) is 0 Å². The second-order valence-electron chi connectivity index (χ2n) is 11.7. The summed E-state index contributed by atoms with van der Waals surface area (Å²) in [5, 5.41) is 7.38. The number of aromatic nitrogens is 4. The van der Waals surface area contributed by atoms with Crippen molar-refractivity contribution < 1.29 is 0 Å². The van der Waals surface area contributed by atoms with Gasteiger partial charge in [-0.05, 0) is 60.7 Å². The molecule has 0 aliphatic rings. The Hall–Kier alpha value is -6.13. The molecule has 210 valence electrons. The van der Waals surface area contributed by atoms with Crippen LogP contribution in [0.5, 0.6) is 0 Å². The van der Waals surface area contributed by atoms with Gasteiger partial charge in [-0.3, -0.25) is 4.98 Å². The molecule has 0 saturated heterocycles. The van der Waals surface area contributed by atoms with Gasteiger partial charge in [0.1, 0.15) is 0 Å². The van der Waals surface area contributed by atoms with E-state index in [1.807, 2.05) is 12.4 Å². The van der Waals surface area contributed by atoms with Crippen molar-refractivity contribution in [2.45, 2.75) is 0 Å². The van der Waals surface area contributed by atoms with Crippen molar-refractivity contribution in [3.05, 3.63) is 158 Å². The molecule has 0 aliphatic heterocycles. The van der Waals surface area contributed by atoms with Crippen molar-refractivity contribution in [1.29, 1.82) is 0 Å². The summed E-state index contributed by atoms with van der Waals surface area (Å²) in [5.41, 5.74) is 10.6. The Kier molecular flexibility index (Phi) is 4.96. The molecule has 4 heteroatoms. The molecule has 0 saturated carbocycles. The summed E-state index contributed by atoms with van der Waals surface area (Å²) in [6.07, 6.45) is 3.85. The highest BCUT2D eigenvalue weighted by Gasteiger charge is 2.21. The fourth-order valence-corrected chi connectivity index (χ4v) is 7.46. The fraction of sp³-hybridized carbons (Fsp3) is 0. The van der Waals surface area contributed by atoms with E-state index < -0.39 is 0 Å². The standard InChI is InChI=1S/C41H26N4/c1-2-10-27(11-3-1)44-37-16-8-4-12-30(37)33-22-23-34-31-13-5-9-17-38(31)45(41(34)40(33)44)29-20-18-28(19-21-29)43-36-15-7-6-14-32(36)35-26-42-25-24-39(35)43/h1-26H. The second-order valence-corrected chi connectivity index (χ2v) is 11.7. The maximum Gasteiger partial charge on any atom is 0.0788 e. The van der Waals surface area contributed by atoms with Gasteiger partial charge in [-0.25, -0.2) is 0 Å². The maximum atomic E-state index is 4.43. The van der Waals surface area contributed by atoms with Crippen LogP contribution >= 0.6 is 0 Å². The lowest BCUT2D eigenvalue weighted by atomic mass is 10.1. The van der Waals surface area contributed by atoms with E-state index in [0.717, 1.165) is 28.0 Å². The van der Waals surface area contributed by atoms with Gasteiger partial charge in [0.15, 0.2) is 0 Å². The zero-order valence-electron chi connectivity index (χ0n) is 24.3. The summed E-state index contributed by atoms with van der Waals surface area (Å²) in [4.78, 5) is 4.43. The quantitative estimate of drug-likeness (QED) is 0.206. The summed E-state index contributed by atoms with van der Waals surface area (Å²) in [6, 6.07) is 52.5. The first-order chi connectivity index (χ1) is 22.4. The summed E-state index contributed by atoms with van der Waals surface area (Å²) in [7, 11) is 0. The van der Waals surface area contributed by atoms with Crippen LogP contribution in [0.3, 0.4) is 0 Å². The Morgan fingerprint density at radius 1 is 0.311 bits per heavy atom. The van der Waals surface area contributed by atoms with Gasteiger partial charge in [0, 0.05) is 61.8 Å². The summed E-state index contributed by atoms with van der Waals surface area (Å²) < 4.78 is 7.22. The summed E-state index contributed by atoms with van der Waals surface area (Å²) in [5.74, 6) is 0. The van der Waals surface area contributed by atoms with E-state index in [9.17, 15) is 0 Å². The fourth-order valence-electron chi connectivity index (χ4n) is 7.46. The number of nitrogens with zero attached hydrogens (tertiary/aromatic N) is 4. The molecule has 0 N–H and O–H groups in total. The average molecular weight is 575 g/mol. The molecule has 0 amide bonds. The van der Waals surface area contributed by atoms with E-state index in [0.29, 0.717) is 0 Å². The maximum absolute atomic E-state index is 4.43. The van der Waals surface area contributed by atoms with Gasteiger partial charge in [-0.15, -0.1) is 0 Å².